The summed E-state index contributed by atoms with van der Waals surface area (Å²) in [6, 6.07) is 18.3. The van der Waals surface area contributed by atoms with Gasteiger partial charge in [-0.15, -0.1) is 0 Å². The normalized spacial score (nSPS) is 13.3. The fraction of sp³-hybridized carbons (Fsp3) is 0.350. The van der Waals surface area contributed by atoms with E-state index in [0.717, 1.165) is 11.1 Å². The van der Waals surface area contributed by atoms with Crippen LogP contribution in [0.5, 0.6) is 0 Å². The molecule has 2 atom stereocenters. The van der Waals surface area contributed by atoms with E-state index in [1.807, 2.05) is 49.4 Å². The van der Waals surface area contributed by atoms with Crippen LogP contribution in [0.25, 0.3) is 11.1 Å². The molecule has 122 valence electrons. The predicted molar refractivity (Wildman–Crippen MR) is 94.1 cm³/mol. The van der Waals surface area contributed by atoms with Crippen LogP contribution >= 0.6 is 0 Å². The van der Waals surface area contributed by atoms with Crippen molar-refractivity contribution >= 4 is 5.91 Å². The molecule has 2 unspecified atom stereocenters. The third-order valence-electron chi connectivity index (χ3n) is 3.82. The van der Waals surface area contributed by atoms with Crippen LogP contribution in [-0.2, 0) is 11.2 Å². The van der Waals surface area contributed by atoms with Gasteiger partial charge in [-0.25, -0.2) is 0 Å². The van der Waals surface area contributed by atoms with E-state index in [2.05, 4.69) is 17.4 Å². The van der Waals surface area contributed by atoms with Gasteiger partial charge in [-0.2, -0.15) is 0 Å². The Kier molecular flexibility index (Phi) is 6.36. The van der Waals surface area contributed by atoms with Crippen molar-refractivity contribution in [3.05, 3.63) is 60.2 Å². The maximum Gasteiger partial charge on any atom is 0.224 e. The van der Waals surface area contributed by atoms with Crippen LogP contribution in [0.15, 0.2) is 54.6 Å². The molecule has 2 aromatic carbocycles. The molecule has 2 aromatic rings. The number of carbonyl (C=O) groups is 1. The van der Waals surface area contributed by atoms with Gasteiger partial charge in [-0.3, -0.25) is 4.79 Å². The highest BCUT2D eigenvalue weighted by molar-refractivity contribution is 5.78. The Morgan fingerprint density at radius 1 is 1.00 bits per heavy atom. The zero-order chi connectivity index (χ0) is 16.7. The van der Waals surface area contributed by atoms with Crippen molar-refractivity contribution in [2.75, 3.05) is 6.54 Å². The lowest BCUT2D eigenvalue weighted by Crippen LogP contribution is -2.30. The van der Waals surface area contributed by atoms with Crippen LogP contribution in [0.2, 0.25) is 0 Å². The first-order valence-corrected chi connectivity index (χ1v) is 8.13. The Morgan fingerprint density at radius 2 is 1.61 bits per heavy atom. The van der Waals surface area contributed by atoms with Crippen molar-refractivity contribution in [2.45, 2.75) is 32.8 Å². The van der Waals surface area contributed by atoms with Crippen molar-refractivity contribution < 1.29 is 9.90 Å². The number of aliphatic hydroxyl groups excluding tert-OH is 1. The molecule has 0 saturated carbocycles. The average molecular weight is 311 g/mol. The summed E-state index contributed by atoms with van der Waals surface area (Å²) in [7, 11) is 0. The second-order valence-electron chi connectivity index (χ2n) is 6.23. The van der Waals surface area contributed by atoms with Gasteiger partial charge in [-0.05, 0) is 36.0 Å². The molecule has 0 aliphatic heterocycles. The Bertz CT molecular complexity index is 605. The minimum Gasteiger partial charge on any atom is -0.393 e. The zero-order valence-electron chi connectivity index (χ0n) is 13.8. The average Bonchev–Trinajstić information content (AvgIpc) is 2.54. The van der Waals surface area contributed by atoms with E-state index in [9.17, 15) is 9.90 Å². The molecule has 2 rings (SSSR count). The number of aliphatic hydroxyl groups is 1. The van der Waals surface area contributed by atoms with Crippen LogP contribution in [0.1, 0.15) is 25.8 Å². The molecule has 0 spiro atoms. The molecule has 0 fully saturated rings. The standard InChI is InChI=1S/C20H25NO2/c1-15(12-16(2)22)14-21-20(23)13-17-8-10-19(11-9-17)18-6-4-3-5-7-18/h3-11,15-16,22H,12-14H2,1-2H3,(H,21,23). The molecule has 0 aromatic heterocycles. The van der Waals surface area contributed by atoms with Crippen LogP contribution in [0.4, 0.5) is 0 Å². The third-order valence-corrected chi connectivity index (χ3v) is 3.82. The molecule has 0 heterocycles. The minimum atomic E-state index is -0.326. The van der Waals surface area contributed by atoms with E-state index < -0.39 is 0 Å². The maximum atomic E-state index is 12.0. The van der Waals surface area contributed by atoms with Crippen LogP contribution < -0.4 is 5.32 Å². The molecule has 0 aliphatic rings. The Morgan fingerprint density at radius 3 is 2.22 bits per heavy atom. The van der Waals surface area contributed by atoms with Crippen molar-refractivity contribution in [1.29, 1.82) is 0 Å². The fourth-order valence-electron chi connectivity index (χ4n) is 2.65. The van der Waals surface area contributed by atoms with Gasteiger partial charge in [0.05, 0.1) is 12.5 Å². The number of benzene rings is 2. The highest BCUT2D eigenvalue weighted by Gasteiger charge is 2.09. The molecule has 0 bridgehead atoms. The highest BCUT2D eigenvalue weighted by Crippen LogP contribution is 2.19. The lowest BCUT2D eigenvalue weighted by atomic mass is 10.0. The summed E-state index contributed by atoms with van der Waals surface area (Å²) in [4.78, 5) is 12.0. The van der Waals surface area contributed by atoms with Crippen LogP contribution in [-0.4, -0.2) is 23.7 Å². The summed E-state index contributed by atoms with van der Waals surface area (Å²) in [5, 5.41) is 12.3. The van der Waals surface area contributed by atoms with Gasteiger partial charge in [-0.1, -0.05) is 61.5 Å². The van der Waals surface area contributed by atoms with Gasteiger partial charge in [0, 0.05) is 6.54 Å². The van der Waals surface area contributed by atoms with Gasteiger partial charge in [0.1, 0.15) is 0 Å². The molecule has 0 aliphatic carbocycles. The summed E-state index contributed by atoms with van der Waals surface area (Å²) in [6.45, 7) is 4.40. The molecular weight excluding hydrogens is 286 g/mol. The fourth-order valence-corrected chi connectivity index (χ4v) is 2.65. The lowest BCUT2D eigenvalue weighted by molar-refractivity contribution is -0.120. The number of carbonyl (C=O) groups excluding carboxylic acids is 1. The first-order valence-electron chi connectivity index (χ1n) is 8.13. The first-order chi connectivity index (χ1) is 11.0. The summed E-state index contributed by atoms with van der Waals surface area (Å²) in [6.07, 6.45) is 0.759. The number of nitrogens with one attached hydrogen (secondary N) is 1. The summed E-state index contributed by atoms with van der Waals surface area (Å²) in [5.74, 6) is 0.300. The number of hydrogen-bond donors (Lipinski definition) is 2. The highest BCUT2D eigenvalue weighted by atomic mass is 16.3. The van der Waals surface area contributed by atoms with Gasteiger partial charge >= 0.3 is 0 Å². The Hall–Kier alpha value is -2.13. The van der Waals surface area contributed by atoms with Gasteiger partial charge in [0.15, 0.2) is 0 Å². The molecule has 1 amide bonds. The molecule has 0 saturated heterocycles. The SMILES string of the molecule is CC(O)CC(C)CNC(=O)Cc1ccc(-c2ccccc2)cc1. The van der Waals surface area contributed by atoms with E-state index in [0.29, 0.717) is 19.4 Å². The molecular formula is C20H25NO2. The largest absolute Gasteiger partial charge is 0.393 e. The molecule has 3 heteroatoms. The van der Waals surface area contributed by atoms with Crippen molar-refractivity contribution in [1.82, 2.24) is 5.32 Å². The smallest absolute Gasteiger partial charge is 0.224 e. The van der Waals surface area contributed by atoms with E-state index in [4.69, 9.17) is 0 Å². The lowest BCUT2D eigenvalue weighted by Gasteiger charge is -2.14. The summed E-state index contributed by atoms with van der Waals surface area (Å²) < 4.78 is 0. The van der Waals surface area contributed by atoms with Gasteiger partial charge < -0.3 is 10.4 Å². The van der Waals surface area contributed by atoms with Crippen molar-refractivity contribution in [3.8, 4) is 11.1 Å². The van der Waals surface area contributed by atoms with E-state index in [1.165, 1.54) is 5.56 Å². The quantitative estimate of drug-likeness (QED) is 0.823. The van der Waals surface area contributed by atoms with Crippen LogP contribution in [0, 0.1) is 5.92 Å². The third kappa shape index (κ3) is 5.87. The van der Waals surface area contributed by atoms with Crippen molar-refractivity contribution in [2.24, 2.45) is 5.92 Å². The predicted octanol–water partition coefficient (Wildman–Crippen LogP) is 3.42. The monoisotopic (exact) mass is 311 g/mol. The second kappa shape index (κ2) is 8.49. The van der Waals surface area contributed by atoms with E-state index in [-0.39, 0.29) is 17.9 Å². The van der Waals surface area contributed by atoms with Gasteiger partial charge in [0.25, 0.3) is 0 Å². The molecule has 23 heavy (non-hydrogen) atoms. The molecule has 0 radical (unpaired) electrons. The topological polar surface area (TPSA) is 49.3 Å². The van der Waals surface area contributed by atoms with Crippen LogP contribution in [0.3, 0.4) is 0 Å². The Labute approximate surface area is 138 Å². The second-order valence-corrected chi connectivity index (χ2v) is 6.23. The maximum absolute atomic E-state index is 12.0. The summed E-state index contributed by atoms with van der Waals surface area (Å²) >= 11 is 0. The Balaban J connectivity index is 1.85. The molecule has 3 nitrogen and oxygen atoms in total. The van der Waals surface area contributed by atoms with Crippen molar-refractivity contribution in [3.63, 3.8) is 0 Å². The number of amides is 1. The summed E-state index contributed by atoms with van der Waals surface area (Å²) in [5.41, 5.74) is 3.33. The first kappa shape index (κ1) is 17.2. The number of rotatable bonds is 7. The minimum absolute atomic E-state index is 0.0231. The van der Waals surface area contributed by atoms with Gasteiger partial charge in [0.2, 0.25) is 5.91 Å². The van der Waals surface area contributed by atoms with E-state index >= 15 is 0 Å². The number of hydrogen-bond acceptors (Lipinski definition) is 2. The molecule has 2 N–H and O–H groups in total. The van der Waals surface area contributed by atoms with E-state index in [1.54, 1.807) is 6.92 Å². The zero-order valence-corrected chi connectivity index (χ0v) is 13.8.